The first kappa shape index (κ1) is 20.2. The summed E-state index contributed by atoms with van der Waals surface area (Å²) in [5, 5.41) is 1.88. The quantitative estimate of drug-likeness (QED) is 0.722. The van der Waals surface area contributed by atoms with Gasteiger partial charge in [-0.05, 0) is 32.0 Å². The summed E-state index contributed by atoms with van der Waals surface area (Å²) < 4.78 is 38.8. The molecule has 3 N–H and O–H groups in total. The van der Waals surface area contributed by atoms with Crippen LogP contribution >= 0.6 is 23.1 Å². The Morgan fingerprint density at radius 3 is 2.69 bits per heavy atom. The van der Waals surface area contributed by atoms with Crippen LogP contribution in [0.2, 0.25) is 0 Å². The molecule has 1 heterocycles. The molecule has 10 heteroatoms. The van der Waals surface area contributed by atoms with Gasteiger partial charge in [-0.15, -0.1) is 11.3 Å². The number of alkyl halides is 3. The fraction of sp³-hybridized carbons (Fsp3) is 0.312. The van der Waals surface area contributed by atoms with Gasteiger partial charge in [0, 0.05) is 10.6 Å². The van der Waals surface area contributed by atoms with Crippen molar-refractivity contribution in [1.29, 1.82) is 0 Å². The zero-order valence-corrected chi connectivity index (χ0v) is 15.5. The van der Waals surface area contributed by atoms with E-state index in [4.69, 9.17) is 5.73 Å². The van der Waals surface area contributed by atoms with E-state index in [9.17, 15) is 22.8 Å². The van der Waals surface area contributed by atoms with E-state index in [2.05, 4.69) is 10.3 Å². The molecule has 0 fully saturated rings. The van der Waals surface area contributed by atoms with E-state index < -0.39 is 28.8 Å². The third kappa shape index (κ3) is 5.46. The maximum Gasteiger partial charge on any atom is 0.416 e. The highest BCUT2D eigenvalue weighted by atomic mass is 32.2. The molecule has 26 heavy (non-hydrogen) atoms. The summed E-state index contributed by atoms with van der Waals surface area (Å²) in [4.78, 5) is 28.3. The number of thiazole rings is 1. The lowest BCUT2D eigenvalue weighted by Gasteiger charge is -2.12. The number of nitrogens with two attached hydrogens (primary N) is 1. The van der Waals surface area contributed by atoms with E-state index in [1.54, 1.807) is 13.8 Å². The SMILES string of the molecule is Cc1nc(SC(C)C(=O)Nc2cccc(C(F)(F)F)c2)sc1CC(N)=O. The minimum atomic E-state index is -4.48. The second-order valence-electron chi connectivity index (χ2n) is 5.46. The Morgan fingerprint density at radius 2 is 2.08 bits per heavy atom. The molecule has 2 aromatic rings. The molecule has 1 atom stereocenters. The standard InChI is InChI=1S/C16H16F3N3O2S2/c1-8-12(7-13(20)23)26-15(21-8)25-9(2)14(24)22-11-5-3-4-10(6-11)16(17,18)19/h3-6,9H,7H2,1-2H3,(H2,20,23)(H,22,24). The Labute approximate surface area is 156 Å². The van der Waals surface area contributed by atoms with E-state index in [0.717, 1.165) is 28.8 Å². The summed E-state index contributed by atoms with van der Waals surface area (Å²) in [6.45, 7) is 3.37. The van der Waals surface area contributed by atoms with Crippen LogP contribution < -0.4 is 11.1 Å². The summed E-state index contributed by atoms with van der Waals surface area (Å²) in [7, 11) is 0. The Balaban J connectivity index is 2.03. The smallest absolute Gasteiger partial charge is 0.369 e. The highest BCUT2D eigenvalue weighted by Crippen LogP contribution is 2.32. The number of primary amides is 1. The Hall–Kier alpha value is -2.07. The normalized spacial score (nSPS) is 12.7. The summed E-state index contributed by atoms with van der Waals surface area (Å²) in [5.41, 5.74) is 5.08. The topological polar surface area (TPSA) is 85.1 Å². The van der Waals surface area contributed by atoms with Crippen molar-refractivity contribution in [2.24, 2.45) is 5.73 Å². The van der Waals surface area contributed by atoms with Crippen LogP contribution in [0.25, 0.3) is 0 Å². The number of anilines is 1. The van der Waals surface area contributed by atoms with Gasteiger partial charge in [0.05, 0.1) is 22.9 Å². The fourth-order valence-electron chi connectivity index (χ4n) is 2.00. The summed E-state index contributed by atoms with van der Waals surface area (Å²) in [6.07, 6.45) is -4.40. The Kier molecular flexibility index (Phi) is 6.30. The fourth-order valence-corrected chi connectivity index (χ4v) is 4.38. The van der Waals surface area contributed by atoms with Crippen LogP contribution in [0.5, 0.6) is 0 Å². The van der Waals surface area contributed by atoms with Crippen molar-refractivity contribution in [3.8, 4) is 0 Å². The number of carbonyl (C=O) groups excluding carboxylic acids is 2. The molecule has 1 aromatic carbocycles. The van der Waals surface area contributed by atoms with Gasteiger partial charge in [0.2, 0.25) is 11.8 Å². The second kappa shape index (κ2) is 8.09. The molecule has 1 unspecified atom stereocenters. The first-order valence-electron chi connectivity index (χ1n) is 7.45. The number of aryl methyl sites for hydroxylation is 1. The summed E-state index contributed by atoms with van der Waals surface area (Å²) in [6, 6.07) is 4.44. The molecule has 0 bridgehead atoms. The average molecular weight is 403 g/mol. The number of benzene rings is 1. The van der Waals surface area contributed by atoms with Gasteiger partial charge in [-0.25, -0.2) is 4.98 Å². The van der Waals surface area contributed by atoms with E-state index in [1.807, 2.05) is 0 Å². The first-order chi connectivity index (χ1) is 12.1. The number of hydrogen-bond donors (Lipinski definition) is 2. The molecule has 0 aliphatic carbocycles. The molecule has 1 aromatic heterocycles. The predicted molar refractivity (Wildman–Crippen MR) is 95.1 cm³/mol. The van der Waals surface area contributed by atoms with Crippen molar-refractivity contribution >= 4 is 40.6 Å². The maximum absolute atomic E-state index is 12.7. The lowest BCUT2D eigenvalue weighted by molar-refractivity contribution is -0.137. The van der Waals surface area contributed by atoms with E-state index in [-0.39, 0.29) is 12.1 Å². The highest BCUT2D eigenvalue weighted by molar-refractivity contribution is 8.02. The molecule has 0 saturated heterocycles. The lowest BCUT2D eigenvalue weighted by atomic mass is 10.2. The van der Waals surface area contributed by atoms with E-state index in [0.29, 0.717) is 10.0 Å². The third-order valence-corrected chi connectivity index (χ3v) is 5.66. The number of nitrogens with one attached hydrogen (secondary N) is 1. The van der Waals surface area contributed by atoms with Crippen molar-refractivity contribution in [3.63, 3.8) is 0 Å². The van der Waals surface area contributed by atoms with Crippen molar-refractivity contribution in [2.45, 2.75) is 36.0 Å². The van der Waals surface area contributed by atoms with Crippen LogP contribution in [0.15, 0.2) is 28.6 Å². The number of halogens is 3. The second-order valence-corrected chi connectivity index (χ2v) is 8.13. The van der Waals surface area contributed by atoms with Crippen molar-refractivity contribution in [2.75, 3.05) is 5.32 Å². The van der Waals surface area contributed by atoms with Gasteiger partial charge in [0.25, 0.3) is 0 Å². The number of nitrogens with zero attached hydrogens (tertiary/aromatic N) is 1. The number of carbonyl (C=O) groups is 2. The molecule has 0 saturated carbocycles. The molecule has 0 spiro atoms. The minimum absolute atomic E-state index is 0.0713. The number of thioether (sulfide) groups is 1. The van der Waals surface area contributed by atoms with E-state index in [1.165, 1.54) is 23.5 Å². The van der Waals surface area contributed by atoms with Gasteiger partial charge in [-0.2, -0.15) is 13.2 Å². The van der Waals surface area contributed by atoms with Gasteiger partial charge in [0.15, 0.2) is 4.34 Å². The molecule has 2 rings (SSSR count). The largest absolute Gasteiger partial charge is 0.416 e. The molecular weight excluding hydrogens is 387 g/mol. The molecule has 2 amide bonds. The Morgan fingerprint density at radius 1 is 1.38 bits per heavy atom. The highest BCUT2D eigenvalue weighted by Gasteiger charge is 2.30. The molecule has 0 aliphatic rings. The van der Waals surface area contributed by atoms with Crippen LogP contribution in [0, 0.1) is 6.92 Å². The molecular formula is C16H16F3N3O2S2. The summed E-state index contributed by atoms with van der Waals surface area (Å²) >= 11 is 2.43. The van der Waals surface area contributed by atoms with Crippen molar-refractivity contribution in [3.05, 3.63) is 40.4 Å². The van der Waals surface area contributed by atoms with Crippen molar-refractivity contribution in [1.82, 2.24) is 4.98 Å². The zero-order chi connectivity index (χ0) is 19.5. The molecule has 140 valence electrons. The zero-order valence-electron chi connectivity index (χ0n) is 13.9. The van der Waals surface area contributed by atoms with Crippen LogP contribution in [0.3, 0.4) is 0 Å². The third-order valence-electron chi connectivity index (χ3n) is 3.31. The molecule has 0 aliphatic heterocycles. The van der Waals surface area contributed by atoms with Gasteiger partial charge in [0.1, 0.15) is 0 Å². The minimum Gasteiger partial charge on any atom is -0.369 e. The predicted octanol–water partition coefficient (Wildman–Crippen LogP) is 3.62. The van der Waals surface area contributed by atoms with Gasteiger partial charge in [-0.3, -0.25) is 9.59 Å². The summed E-state index contributed by atoms with van der Waals surface area (Å²) in [5.74, 6) is -0.915. The van der Waals surface area contributed by atoms with Crippen molar-refractivity contribution < 1.29 is 22.8 Å². The number of aromatic nitrogens is 1. The van der Waals surface area contributed by atoms with Gasteiger partial charge in [-0.1, -0.05) is 17.8 Å². The number of amides is 2. The first-order valence-corrected chi connectivity index (χ1v) is 9.15. The average Bonchev–Trinajstić information content (AvgIpc) is 2.85. The van der Waals surface area contributed by atoms with Crippen LogP contribution in [-0.2, 0) is 22.2 Å². The number of rotatable bonds is 6. The maximum atomic E-state index is 12.7. The van der Waals surface area contributed by atoms with E-state index >= 15 is 0 Å². The monoisotopic (exact) mass is 403 g/mol. The molecule has 5 nitrogen and oxygen atoms in total. The van der Waals surface area contributed by atoms with Gasteiger partial charge >= 0.3 is 6.18 Å². The lowest BCUT2D eigenvalue weighted by Crippen LogP contribution is -2.22. The van der Waals surface area contributed by atoms with Crippen LogP contribution in [0.4, 0.5) is 18.9 Å². The number of hydrogen-bond acceptors (Lipinski definition) is 5. The Bertz CT molecular complexity index is 821. The van der Waals surface area contributed by atoms with Gasteiger partial charge < -0.3 is 11.1 Å². The molecule has 0 radical (unpaired) electrons. The van der Waals surface area contributed by atoms with Crippen LogP contribution in [-0.4, -0.2) is 22.0 Å². The van der Waals surface area contributed by atoms with Crippen LogP contribution in [0.1, 0.15) is 23.1 Å².